The summed E-state index contributed by atoms with van der Waals surface area (Å²) in [6.07, 6.45) is 0. The molecule has 0 fully saturated rings. The molecule has 4 nitrogen and oxygen atoms in total. The van der Waals surface area contributed by atoms with Crippen molar-refractivity contribution in [3.05, 3.63) is 29.3 Å². The maximum atomic E-state index is 13.5. The average Bonchev–Trinajstić information content (AvgIpc) is 2.34. The molecule has 19 heavy (non-hydrogen) atoms. The highest BCUT2D eigenvalue weighted by Gasteiger charge is 2.14. The summed E-state index contributed by atoms with van der Waals surface area (Å²) in [5.41, 5.74) is 0.103. The monoisotopic (exact) mass is 273 g/mol. The molecule has 106 valence electrons. The van der Waals surface area contributed by atoms with Crippen molar-refractivity contribution in [2.75, 3.05) is 13.2 Å². The molecule has 0 bridgehead atoms. The first-order valence-corrected chi connectivity index (χ1v) is 5.92. The summed E-state index contributed by atoms with van der Waals surface area (Å²) in [6, 6.07) is 1.93. The van der Waals surface area contributed by atoms with Crippen LogP contribution in [0.3, 0.4) is 0 Å². The van der Waals surface area contributed by atoms with E-state index in [1.54, 1.807) is 0 Å². The summed E-state index contributed by atoms with van der Waals surface area (Å²) in [5.74, 6) is -2.67. The molecule has 0 aromatic heterocycles. The number of benzene rings is 1. The molecule has 6 heteroatoms. The van der Waals surface area contributed by atoms with Crippen molar-refractivity contribution in [2.45, 2.75) is 20.5 Å². The van der Waals surface area contributed by atoms with Crippen molar-refractivity contribution in [2.24, 2.45) is 5.92 Å². The van der Waals surface area contributed by atoms with Gasteiger partial charge in [-0.2, -0.15) is 0 Å². The number of nitrogens with one attached hydrogen (secondary N) is 1. The van der Waals surface area contributed by atoms with E-state index in [2.05, 4.69) is 5.32 Å². The molecule has 0 saturated carbocycles. The van der Waals surface area contributed by atoms with Crippen molar-refractivity contribution in [3.63, 3.8) is 0 Å². The Labute approximate surface area is 110 Å². The molecule has 0 spiro atoms. The van der Waals surface area contributed by atoms with Crippen molar-refractivity contribution in [3.8, 4) is 5.75 Å². The van der Waals surface area contributed by atoms with Gasteiger partial charge in [0.15, 0.2) is 24.0 Å². The molecule has 1 aromatic rings. The fourth-order valence-electron chi connectivity index (χ4n) is 1.35. The van der Waals surface area contributed by atoms with Gasteiger partial charge in [0.2, 0.25) is 0 Å². The first kappa shape index (κ1) is 15.4. The Bertz CT molecular complexity index is 427. The number of carbonyl (C=O) groups is 1. The zero-order valence-electron chi connectivity index (χ0n) is 10.9. The van der Waals surface area contributed by atoms with Gasteiger partial charge in [-0.25, -0.2) is 8.78 Å². The summed E-state index contributed by atoms with van der Waals surface area (Å²) in [4.78, 5) is 11.3. The molecule has 0 aliphatic rings. The van der Waals surface area contributed by atoms with Gasteiger partial charge in [-0.1, -0.05) is 13.8 Å². The smallest absolute Gasteiger partial charge is 0.257 e. The lowest BCUT2D eigenvalue weighted by Gasteiger charge is -2.11. The summed E-state index contributed by atoms with van der Waals surface area (Å²) in [7, 11) is 0. The number of carbonyl (C=O) groups excluding carboxylic acids is 1. The van der Waals surface area contributed by atoms with Crippen LogP contribution in [0.1, 0.15) is 19.4 Å². The van der Waals surface area contributed by atoms with Gasteiger partial charge in [0.1, 0.15) is 0 Å². The molecule has 0 aliphatic carbocycles. The third-order valence-corrected chi connectivity index (χ3v) is 2.30. The molecule has 0 atom stereocenters. The van der Waals surface area contributed by atoms with Crippen molar-refractivity contribution in [1.29, 1.82) is 0 Å². The van der Waals surface area contributed by atoms with Crippen molar-refractivity contribution >= 4 is 5.91 Å². The molecule has 0 radical (unpaired) electrons. The van der Waals surface area contributed by atoms with E-state index in [0.29, 0.717) is 6.54 Å². The van der Waals surface area contributed by atoms with Gasteiger partial charge in [0, 0.05) is 6.54 Å². The predicted octanol–water partition coefficient (Wildman–Crippen LogP) is 1.61. The van der Waals surface area contributed by atoms with Crippen molar-refractivity contribution < 1.29 is 23.4 Å². The van der Waals surface area contributed by atoms with Gasteiger partial charge in [-0.15, -0.1) is 0 Å². The van der Waals surface area contributed by atoms with Crippen LogP contribution < -0.4 is 10.1 Å². The summed E-state index contributed by atoms with van der Waals surface area (Å²) < 4.78 is 31.7. The molecule has 1 aromatic carbocycles. The lowest BCUT2D eigenvalue weighted by atomic mass is 10.2. The van der Waals surface area contributed by atoms with Gasteiger partial charge in [0.05, 0.1) is 6.61 Å². The van der Waals surface area contributed by atoms with E-state index in [-0.39, 0.29) is 11.5 Å². The van der Waals surface area contributed by atoms with Crippen molar-refractivity contribution in [1.82, 2.24) is 5.32 Å². The number of amides is 1. The van der Waals surface area contributed by atoms with E-state index in [1.807, 2.05) is 13.8 Å². The second kappa shape index (κ2) is 7.04. The van der Waals surface area contributed by atoms with E-state index in [4.69, 9.17) is 9.84 Å². The number of aliphatic hydroxyl groups is 1. The van der Waals surface area contributed by atoms with Crippen LogP contribution in [0.2, 0.25) is 0 Å². The minimum absolute atomic E-state index is 0.103. The lowest BCUT2D eigenvalue weighted by molar-refractivity contribution is -0.123. The minimum Gasteiger partial charge on any atom is -0.478 e. The zero-order valence-corrected chi connectivity index (χ0v) is 10.9. The Morgan fingerprint density at radius 2 is 1.95 bits per heavy atom. The average molecular weight is 273 g/mol. The van der Waals surface area contributed by atoms with E-state index in [1.165, 1.54) is 0 Å². The number of hydrogen-bond acceptors (Lipinski definition) is 3. The summed E-state index contributed by atoms with van der Waals surface area (Å²) in [6.45, 7) is 3.39. The van der Waals surface area contributed by atoms with Gasteiger partial charge in [-0.3, -0.25) is 4.79 Å². The Balaban J connectivity index is 2.60. The third kappa shape index (κ3) is 4.82. The van der Waals surface area contributed by atoms with E-state index in [0.717, 1.165) is 12.1 Å². The largest absolute Gasteiger partial charge is 0.478 e. The Hall–Kier alpha value is -1.69. The minimum atomic E-state index is -0.944. The fourth-order valence-corrected chi connectivity index (χ4v) is 1.35. The molecule has 0 heterocycles. The fraction of sp³-hybridized carbons (Fsp3) is 0.462. The lowest BCUT2D eigenvalue weighted by Crippen LogP contribution is -2.32. The number of halogens is 2. The van der Waals surface area contributed by atoms with Gasteiger partial charge >= 0.3 is 0 Å². The molecule has 0 unspecified atom stereocenters. The van der Waals surface area contributed by atoms with E-state index in [9.17, 15) is 13.6 Å². The van der Waals surface area contributed by atoms with Crippen LogP contribution in [0.5, 0.6) is 5.75 Å². The highest BCUT2D eigenvalue weighted by Crippen LogP contribution is 2.23. The number of hydrogen-bond donors (Lipinski definition) is 2. The van der Waals surface area contributed by atoms with Gasteiger partial charge < -0.3 is 15.2 Å². The number of ether oxygens (including phenoxy) is 1. The molecule has 1 amide bonds. The number of rotatable bonds is 6. The van der Waals surface area contributed by atoms with Crippen LogP contribution in [0, 0.1) is 17.6 Å². The topological polar surface area (TPSA) is 58.6 Å². The molecule has 1 rings (SSSR count). The normalized spacial score (nSPS) is 10.6. The summed E-state index contributed by atoms with van der Waals surface area (Å²) >= 11 is 0. The van der Waals surface area contributed by atoms with Gasteiger partial charge in [-0.05, 0) is 23.6 Å². The molecule has 2 N–H and O–H groups in total. The quantitative estimate of drug-likeness (QED) is 0.828. The van der Waals surface area contributed by atoms with E-state index >= 15 is 0 Å². The van der Waals surface area contributed by atoms with Crippen LogP contribution >= 0.6 is 0 Å². The first-order valence-electron chi connectivity index (χ1n) is 5.92. The highest BCUT2D eigenvalue weighted by molar-refractivity contribution is 5.77. The standard InChI is InChI=1S/C13H17F2NO3/c1-8(2)5-16-12(18)7-19-13-10(14)3-9(6-17)4-11(13)15/h3-4,8,17H,5-7H2,1-2H3,(H,16,18). The predicted molar refractivity (Wildman–Crippen MR) is 65.6 cm³/mol. The van der Waals surface area contributed by atoms with Crippen LogP contribution in [-0.2, 0) is 11.4 Å². The molecule has 0 aliphatic heterocycles. The Morgan fingerprint density at radius 1 is 1.37 bits per heavy atom. The van der Waals surface area contributed by atoms with E-state index < -0.39 is 36.5 Å². The van der Waals surface area contributed by atoms with Crippen LogP contribution in [0.25, 0.3) is 0 Å². The summed E-state index contributed by atoms with van der Waals surface area (Å²) in [5, 5.41) is 11.3. The molecular formula is C13H17F2NO3. The SMILES string of the molecule is CC(C)CNC(=O)COc1c(F)cc(CO)cc1F. The molecule has 0 saturated heterocycles. The second-order valence-electron chi connectivity index (χ2n) is 4.53. The molecular weight excluding hydrogens is 256 g/mol. The number of aliphatic hydroxyl groups excluding tert-OH is 1. The maximum Gasteiger partial charge on any atom is 0.257 e. The second-order valence-corrected chi connectivity index (χ2v) is 4.53. The first-order chi connectivity index (χ1) is 8.93. The van der Waals surface area contributed by atoms with Crippen LogP contribution in [0.4, 0.5) is 8.78 Å². The highest BCUT2D eigenvalue weighted by atomic mass is 19.1. The maximum absolute atomic E-state index is 13.5. The van der Waals surface area contributed by atoms with Crippen LogP contribution in [-0.4, -0.2) is 24.2 Å². The van der Waals surface area contributed by atoms with Gasteiger partial charge in [0.25, 0.3) is 5.91 Å². The van der Waals surface area contributed by atoms with Crippen LogP contribution in [0.15, 0.2) is 12.1 Å². The Kier molecular flexibility index (Phi) is 5.69. The third-order valence-electron chi connectivity index (χ3n) is 2.30. The zero-order chi connectivity index (χ0) is 14.4. The Morgan fingerprint density at radius 3 is 2.42 bits per heavy atom.